The molecule has 0 aromatic heterocycles. The molecule has 0 N–H and O–H groups in total. The number of nitrogens with zero attached hydrogens (tertiary/aromatic N) is 2. The highest BCUT2D eigenvalue weighted by molar-refractivity contribution is 5.74. The van der Waals surface area contributed by atoms with Crippen LogP contribution in [0.25, 0.3) is 5.57 Å². The fourth-order valence-corrected chi connectivity index (χ4v) is 3.29. The van der Waals surface area contributed by atoms with E-state index in [4.69, 9.17) is 24.7 Å². The molecule has 0 amide bonds. The Morgan fingerprint density at radius 3 is 2.42 bits per heavy atom. The normalized spacial score (nSPS) is 15.8. The van der Waals surface area contributed by atoms with Crippen molar-refractivity contribution in [2.45, 2.75) is 13.8 Å². The lowest BCUT2D eigenvalue weighted by Crippen LogP contribution is -2.05. The lowest BCUT2D eigenvalue weighted by atomic mass is 10.0. The molecule has 0 aliphatic carbocycles. The number of para-hydroxylation sites is 1. The molecular formula is C26H18N2O3. The van der Waals surface area contributed by atoms with Crippen LogP contribution in [-0.4, -0.2) is 0 Å². The first-order chi connectivity index (χ1) is 15.1. The molecule has 4 rings (SSSR count). The molecule has 5 heteroatoms. The van der Waals surface area contributed by atoms with Crippen LogP contribution in [0.5, 0.6) is 17.2 Å². The molecule has 150 valence electrons. The number of nitriles is 2. The molecule has 0 unspecified atom stereocenters. The molecule has 2 aliphatic heterocycles. The van der Waals surface area contributed by atoms with Crippen LogP contribution in [0, 0.1) is 22.7 Å². The number of fused-ring (bicyclic) bond motifs is 1. The van der Waals surface area contributed by atoms with Gasteiger partial charge in [-0.15, -0.1) is 0 Å². The Morgan fingerprint density at radius 1 is 0.903 bits per heavy atom. The number of ether oxygens (including phenoxy) is 3. The maximum Gasteiger partial charge on any atom is 0.138 e. The minimum atomic E-state index is 0.0304. The number of hydrogen-bond donors (Lipinski definition) is 0. The lowest BCUT2D eigenvalue weighted by molar-refractivity contribution is 0.313. The molecule has 0 fully saturated rings. The van der Waals surface area contributed by atoms with Gasteiger partial charge in [0.1, 0.15) is 52.2 Å². The van der Waals surface area contributed by atoms with E-state index in [0.29, 0.717) is 34.3 Å². The van der Waals surface area contributed by atoms with Crippen LogP contribution in [-0.2, 0) is 4.74 Å². The second-order valence-corrected chi connectivity index (χ2v) is 7.01. The summed E-state index contributed by atoms with van der Waals surface area (Å²) in [5, 5.41) is 18.3. The summed E-state index contributed by atoms with van der Waals surface area (Å²) in [6, 6.07) is 19.1. The topological polar surface area (TPSA) is 75.3 Å². The largest absolute Gasteiger partial charge is 0.462 e. The van der Waals surface area contributed by atoms with Crippen LogP contribution >= 0.6 is 0 Å². The smallest absolute Gasteiger partial charge is 0.138 e. The Bertz CT molecular complexity index is 1260. The van der Waals surface area contributed by atoms with Crippen LogP contribution in [0.15, 0.2) is 101 Å². The molecule has 0 saturated heterocycles. The molecule has 0 spiro atoms. The van der Waals surface area contributed by atoms with Crippen molar-refractivity contribution >= 4 is 5.57 Å². The Balaban J connectivity index is 1.64. The van der Waals surface area contributed by atoms with Crippen LogP contribution in [0.2, 0.25) is 0 Å². The lowest BCUT2D eigenvalue weighted by Gasteiger charge is -2.20. The van der Waals surface area contributed by atoms with E-state index >= 15 is 0 Å². The van der Waals surface area contributed by atoms with Gasteiger partial charge >= 0.3 is 0 Å². The number of benzene rings is 2. The van der Waals surface area contributed by atoms with E-state index in [1.54, 1.807) is 25.2 Å². The van der Waals surface area contributed by atoms with E-state index in [1.807, 2.05) is 73.7 Å². The van der Waals surface area contributed by atoms with Crippen LogP contribution < -0.4 is 9.47 Å². The fraction of sp³-hybridized carbons (Fsp3) is 0.0769. The fourth-order valence-electron chi connectivity index (χ4n) is 3.29. The van der Waals surface area contributed by atoms with Gasteiger partial charge in [-0.3, -0.25) is 0 Å². The number of hydrogen-bond acceptors (Lipinski definition) is 5. The van der Waals surface area contributed by atoms with Gasteiger partial charge in [0.2, 0.25) is 0 Å². The molecule has 0 saturated carbocycles. The van der Waals surface area contributed by atoms with E-state index in [9.17, 15) is 0 Å². The zero-order chi connectivity index (χ0) is 21.8. The van der Waals surface area contributed by atoms with Crippen LogP contribution in [0.1, 0.15) is 19.4 Å². The Morgan fingerprint density at radius 2 is 1.68 bits per heavy atom. The summed E-state index contributed by atoms with van der Waals surface area (Å²) in [6.45, 7) is 3.77. The molecule has 0 atom stereocenters. The third-order valence-electron chi connectivity index (χ3n) is 4.68. The van der Waals surface area contributed by atoms with Crippen molar-refractivity contribution in [1.82, 2.24) is 0 Å². The molecular weight excluding hydrogens is 388 g/mol. The van der Waals surface area contributed by atoms with E-state index in [0.717, 1.165) is 16.9 Å². The first-order valence-corrected chi connectivity index (χ1v) is 9.63. The molecule has 2 heterocycles. The zero-order valence-electron chi connectivity index (χ0n) is 17.0. The third kappa shape index (κ3) is 4.42. The van der Waals surface area contributed by atoms with Crippen molar-refractivity contribution in [3.8, 4) is 29.4 Å². The summed E-state index contributed by atoms with van der Waals surface area (Å²) in [4.78, 5) is 0. The van der Waals surface area contributed by atoms with Crippen molar-refractivity contribution in [2.75, 3.05) is 0 Å². The van der Waals surface area contributed by atoms with Crippen molar-refractivity contribution in [2.24, 2.45) is 0 Å². The molecule has 0 radical (unpaired) electrons. The van der Waals surface area contributed by atoms with Gasteiger partial charge < -0.3 is 14.2 Å². The van der Waals surface area contributed by atoms with Crippen molar-refractivity contribution < 1.29 is 14.2 Å². The summed E-state index contributed by atoms with van der Waals surface area (Å²) >= 11 is 0. The summed E-state index contributed by atoms with van der Waals surface area (Å²) < 4.78 is 17.7. The molecule has 5 nitrogen and oxygen atoms in total. The number of rotatable bonds is 3. The monoisotopic (exact) mass is 406 g/mol. The molecule has 0 bridgehead atoms. The molecule has 2 aromatic carbocycles. The maximum absolute atomic E-state index is 9.16. The van der Waals surface area contributed by atoms with Crippen molar-refractivity contribution in [3.05, 3.63) is 107 Å². The quantitative estimate of drug-likeness (QED) is 0.558. The summed E-state index contributed by atoms with van der Waals surface area (Å²) in [5.74, 6) is 3.74. The summed E-state index contributed by atoms with van der Waals surface area (Å²) in [6.07, 6.45) is 6.96. The van der Waals surface area contributed by atoms with Gasteiger partial charge in [0.15, 0.2) is 0 Å². The van der Waals surface area contributed by atoms with Gasteiger partial charge in [-0.1, -0.05) is 18.2 Å². The van der Waals surface area contributed by atoms with Gasteiger partial charge in [0, 0.05) is 23.3 Å². The Hall–Kier alpha value is -4.48. The van der Waals surface area contributed by atoms with Gasteiger partial charge in [-0.05, 0) is 61.9 Å². The predicted octanol–water partition coefficient (Wildman–Crippen LogP) is 6.32. The van der Waals surface area contributed by atoms with Crippen molar-refractivity contribution in [1.29, 1.82) is 10.5 Å². The average molecular weight is 406 g/mol. The van der Waals surface area contributed by atoms with Gasteiger partial charge in [0.25, 0.3) is 0 Å². The third-order valence-corrected chi connectivity index (χ3v) is 4.68. The maximum atomic E-state index is 9.16. The molecule has 31 heavy (non-hydrogen) atoms. The second-order valence-electron chi connectivity index (χ2n) is 7.01. The second kappa shape index (κ2) is 8.49. The average Bonchev–Trinajstić information content (AvgIpc) is 2.75. The van der Waals surface area contributed by atoms with Gasteiger partial charge in [-0.25, -0.2) is 0 Å². The Labute approximate surface area is 180 Å². The van der Waals surface area contributed by atoms with Gasteiger partial charge in [0.05, 0.1) is 0 Å². The first kappa shape index (κ1) is 19.8. The summed E-state index contributed by atoms with van der Waals surface area (Å²) in [7, 11) is 0. The van der Waals surface area contributed by atoms with E-state index in [1.165, 1.54) is 0 Å². The van der Waals surface area contributed by atoms with E-state index in [2.05, 4.69) is 0 Å². The minimum Gasteiger partial charge on any atom is -0.462 e. The van der Waals surface area contributed by atoms with Crippen LogP contribution in [0.3, 0.4) is 0 Å². The molecule has 2 aliphatic rings. The Kier molecular flexibility index (Phi) is 5.43. The first-order valence-electron chi connectivity index (χ1n) is 9.63. The van der Waals surface area contributed by atoms with E-state index < -0.39 is 0 Å². The zero-order valence-corrected chi connectivity index (χ0v) is 17.0. The minimum absolute atomic E-state index is 0.0304. The van der Waals surface area contributed by atoms with Crippen molar-refractivity contribution in [3.63, 3.8) is 0 Å². The standard InChI is InChI=1S/C26H18N2O3/c1-17-10-23(13-24-12-19(11-18(2)29-24)20(15-27)16-28)31-26-14-22(8-9-25(17)26)30-21-6-4-3-5-7-21/h3-14H,1-2H3. The predicted molar refractivity (Wildman–Crippen MR) is 116 cm³/mol. The highest BCUT2D eigenvalue weighted by Crippen LogP contribution is 2.37. The highest BCUT2D eigenvalue weighted by Gasteiger charge is 2.17. The summed E-state index contributed by atoms with van der Waals surface area (Å²) in [5.41, 5.74) is 2.55. The van der Waals surface area contributed by atoms with Gasteiger partial charge in [-0.2, -0.15) is 10.5 Å². The molecule has 2 aromatic rings. The van der Waals surface area contributed by atoms with E-state index in [-0.39, 0.29) is 5.57 Å². The highest BCUT2D eigenvalue weighted by atomic mass is 16.5. The van der Waals surface area contributed by atoms with Crippen LogP contribution in [0.4, 0.5) is 0 Å². The number of allylic oxidation sites excluding steroid dienone is 8. The SMILES string of the molecule is CC1=CC(=C(C#N)C#N)C=C(C=C2C=C(C)c3ccc(Oc4ccccc4)cc3O2)O1.